The molecule has 3 aromatic rings. The topological polar surface area (TPSA) is 114 Å². The molecule has 1 amide bonds. The van der Waals surface area contributed by atoms with E-state index in [1.807, 2.05) is 0 Å². The summed E-state index contributed by atoms with van der Waals surface area (Å²) in [5.41, 5.74) is 0.800. The molecule has 0 radical (unpaired) electrons. The number of hydrogen-bond acceptors (Lipinski definition) is 7. The Hall–Kier alpha value is -4.52. The van der Waals surface area contributed by atoms with Crippen LogP contribution in [0.1, 0.15) is 0 Å². The molecule has 0 bridgehead atoms. The molecule has 0 spiro atoms. The van der Waals surface area contributed by atoms with E-state index in [1.165, 1.54) is 48.5 Å². The zero-order valence-electron chi connectivity index (χ0n) is 19.4. The van der Waals surface area contributed by atoms with Gasteiger partial charge in [-0.15, -0.1) is 0 Å². The number of ether oxygens (including phenoxy) is 1. The minimum atomic E-state index is -2.83. The van der Waals surface area contributed by atoms with Crippen molar-refractivity contribution in [3.05, 3.63) is 92.9 Å². The van der Waals surface area contributed by atoms with Crippen molar-refractivity contribution in [1.82, 2.24) is 5.32 Å². The number of halogens is 3. The smallest absolute Gasteiger partial charge is 0.414 e. The molecular weight excluding hydrogens is 525 g/mol. The molecule has 0 aromatic heterocycles. The van der Waals surface area contributed by atoms with E-state index in [-0.39, 0.29) is 35.8 Å². The molecule has 1 aliphatic heterocycles. The molecule has 1 aliphatic rings. The lowest BCUT2D eigenvalue weighted by Crippen LogP contribution is -2.36. The maximum absolute atomic E-state index is 14.9. The Bertz CT molecular complexity index is 1460. The molecular formula is C25H19F3N4O5S. The van der Waals surface area contributed by atoms with E-state index in [9.17, 15) is 32.9 Å². The van der Waals surface area contributed by atoms with Gasteiger partial charge in [-0.3, -0.25) is 19.8 Å². The van der Waals surface area contributed by atoms with Crippen molar-refractivity contribution < 1.29 is 27.6 Å². The second-order valence-corrected chi connectivity index (χ2v) is 8.60. The predicted molar refractivity (Wildman–Crippen MR) is 139 cm³/mol. The third kappa shape index (κ3) is 6.06. The number of thiocarbonyl (C=S) groups is 1. The second-order valence-electron chi connectivity index (χ2n) is 8.16. The van der Waals surface area contributed by atoms with Crippen molar-refractivity contribution in [2.75, 3.05) is 23.3 Å². The van der Waals surface area contributed by atoms with Crippen LogP contribution in [-0.2, 0) is 4.74 Å². The van der Waals surface area contributed by atoms with Gasteiger partial charge in [-0.1, -0.05) is 24.4 Å². The Labute approximate surface area is 219 Å². The van der Waals surface area contributed by atoms with Gasteiger partial charge in [0, 0.05) is 12.1 Å². The molecule has 13 heteroatoms. The van der Waals surface area contributed by atoms with Gasteiger partial charge in [-0.05, 0) is 53.6 Å². The highest BCUT2D eigenvalue weighted by Crippen LogP contribution is 2.28. The molecule has 0 aliphatic carbocycles. The average Bonchev–Trinajstić information content (AvgIpc) is 3.16. The van der Waals surface area contributed by atoms with Gasteiger partial charge in [-0.25, -0.2) is 18.0 Å². The summed E-state index contributed by atoms with van der Waals surface area (Å²) in [6.07, 6.45) is -4.37. The number of hydrogen-bond donors (Lipinski definition) is 2. The van der Waals surface area contributed by atoms with Crippen molar-refractivity contribution >= 4 is 46.0 Å². The maximum Gasteiger partial charge on any atom is 0.414 e. The van der Waals surface area contributed by atoms with Gasteiger partial charge in [0.1, 0.15) is 16.9 Å². The number of benzene rings is 2. The van der Waals surface area contributed by atoms with Crippen LogP contribution in [0.5, 0.6) is 0 Å². The number of amides is 1. The Balaban J connectivity index is 1.47. The monoisotopic (exact) mass is 544 g/mol. The summed E-state index contributed by atoms with van der Waals surface area (Å²) in [5, 5.41) is 15.9. The predicted octanol–water partition coefficient (Wildman–Crippen LogP) is 5.01. The number of nitrogens with one attached hydrogen (secondary N) is 2. The first-order valence-corrected chi connectivity index (χ1v) is 11.5. The molecule has 1 heterocycles. The van der Waals surface area contributed by atoms with Crippen LogP contribution in [-0.4, -0.2) is 41.6 Å². The third-order valence-corrected chi connectivity index (χ3v) is 5.93. The Kier molecular flexibility index (Phi) is 7.86. The van der Waals surface area contributed by atoms with Crippen LogP contribution in [0.15, 0.2) is 71.5 Å². The largest absolute Gasteiger partial charge is 0.442 e. The maximum atomic E-state index is 14.9. The molecule has 0 saturated carbocycles. The standard InChI is InChI=1S/C25H19F3N4O5S/c26-19-11-17(31-13-18(37-25(31)34)12-29-24(38)23(27)28)8-9-20(19)30-21-3-1-2-15(10-22(21)33)14-4-6-16(7-5-14)32(35)36/h1-11,18,23H,12-13H2,(H,29,38)(H,30,33)/t18-/m0/s1. The minimum Gasteiger partial charge on any atom is -0.442 e. The fourth-order valence-electron chi connectivity index (χ4n) is 3.70. The first-order valence-electron chi connectivity index (χ1n) is 11.1. The van der Waals surface area contributed by atoms with Gasteiger partial charge in [0.25, 0.3) is 12.1 Å². The van der Waals surface area contributed by atoms with E-state index in [0.717, 1.165) is 11.0 Å². The highest BCUT2D eigenvalue weighted by atomic mass is 32.1. The SMILES string of the molecule is O=C1O[C@@H](CNC(=S)C(F)F)CN1c1ccc(Nc2cccc(-c3ccc([N+](=O)[O-])cc3)cc2=O)c(F)c1. The normalized spacial score (nSPS) is 14.8. The lowest BCUT2D eigenvalue weighted by molar-refractivity contribution is -0.384. The van der Waals surface area contributed by atoms with Crippen molar-refractivity contribution in [1.29, 1.82) is 0 Å². The van der Waals surface area contributed by atoms with Crippen LogP contribution in [0.3, 0.4) is 0 Å². The summed E-state index contributed by atoms with van der Waals surface area (Å²) in [4.78, 5) is 35.8. The third-order valence-electron chi connectivity index (χ3n) is 5.61. The lowest BCUT2D eigenvalue weighted by Gasteiger charge is -2.15. The van der Waals surface area contributed by atoms with Gasteiger partial charge >= 0.3 is 6.09 Å². The first-order chi connectivity index (χ1) is 18.1. The Morgan fingerprint density at radius 1 is 1.08 bits per heavy atom. The van der Waals surface area contributed by atoms with Crippen LogP contribution >= 0.6 is 12.2 Å². The molecule has 0 unspecified atom stereocenters. The summed E-state index contributed by atoms with van der Waals surface area (Å²) in [6.45, 7) is -0.124. The van der Waals surface area contributed by atoms with Crippen LogP contribution < -0.4 is 21.0 Å². The summed E-state index contributed by atoms with van der Waals surface area (Å²) >= 11 is 4.49. The fourth-order valence-corrected chi connectivity index (χ4v) is 3.79. The Morgan fingerprint density at radius 3 is 2.47 bits per heavy atom. The number of non-ortho nitro benzene ring substituents is 1. The van der Waals surface area contributed by atoms with E-state index in [4.69, 9.17) is 4.74 Å². The van der Waals surface area contributed by atoms with Crippen LogP contribution in [0.25, 0.3) is 11.1 Å². The fraction of sp³-hybridized carbons (Fsp3) is 0.160. The number of nitro benzene ring substituents is 1. The number of nitro groups is 1. The van der Waals surface area contributed by atoms with E-state index in [2.05, 4.69) is 22.9 Å². The Morgan fingerprint density at radius 2 is 1.82 bits per heavy atom. The molecule has 1 fully saturated rings. The molecule has 196 valence electrons. The van der Waals surface area contributed by atoms with E-state index < -0.39 is 39.8 Å². The van der Waals surface area contributed by atoms with Crippen molar-refractivity contribution in [2.24, 2.45) is 0 Å². The van der Waals surface area contributed by atoms with Gasteiger partial charge < -0.3 is 15.4 Å². The molecule has 9 nitrogen and oxygen atoms in total. The van der Waals surface area contributed by atoms with Crippen molar-refractivity contribution in [2.45, 2.75) is 12.5 Å². The zero-order chi connectivity index (χ0) is 27.4. The molecule has 1 atom stereocenters. The van der Waals surface area contributed by atoms with E-state index in [1.54, 1.807) is 12.1 Å². The first kappa shape index (κ1) is 26.5. The number of cyclic esters (lactones) is 1. The number of rotatable bonds is 8. The number of alkyl halides is 2. The average molecular weight is 545 g/mol. The molecule has 38 heavy (non-hydrogen) atoms. The second kappa shape index (κ2) is 11.3. The van der Waals surface area contributed by atoms with Crippen molar-refractivity contribution in [3.63, 3.8) is 0 Å². The lowest BCUT2D eigenvalue weighted by atomic mass is 10.1. The number of carbonyl (C=O) groups excluding carboxylic acids is 1. The van der Waals surface area contributed by atoms with E-state index in [0.29, 0.717) is 11.1 Å². The summed E-state index contributed by atoms with van der Waals surface area (Å²) in [7, 11) is 0. The summed E-state index contributed by atoms with van der Waals surface area (Å²) in [6, 6.07) is 15.6. The van der Waals surface area contributed by atoms with Gasteiger partial charge in [0.2, 0.25) is 5.43 Å². The van der Waals surface area contributed by atoms with Crippen molar-refractivity contribution in [3.8, 4) is 11.1 Å². The van der Waals surface area contributed by atoms with Gasteiger partial charge in [0.15, 0.2) is 0 Å². The quantitative estimate of drug-likeness (QED) is 0.231. The van der Waals surface area contributed by atoms with Gasteiger partial charge in [0.05, 0.1) is 35.1 Å². The number of nitrogens with zero attached hydrogens (tertiary/aromatic N) is 2. The number of anilines is 3. The summed E-state index contributed by atoms with van der Waals surface area (Å²) < 4.78 is 45.1. The number of carbonyl (C=O) groups is 1. The van der Waals surface area contributed by atoms with Crippen LogP contribution in [0, 0.1) is 15.9 Å². The van der Waals surface area contributed by atoms with Gasteiger partial charge in [-0.2, -0.15) is 0 Å². The molecule has 4 rings (SSSR count). The molecule has 2 N–H and O–H groups in total. The highest BCUT2D eigenvalue weighted by Gasteiger charge is 2.33. The van der Waals surface area contributed by atoms with E-state index >= 15 is 0 Å². The van der Waals surface area contributed by atoms with Crippen LogP contribution in [0.2, 0.25) is 0 Å². The zero-order valence-corrected chi connectivity index (χ0v) is 20.2. The van der Waals surface area contributed by atoms with Crippen LogP contribution in [0.4, 0.5) is 40.7 Å². The molecule has 1 saturated heterocycles. The minimum absolute atomic E-state index is 0.00541. The molecule has 3 aromatic carbocycles. The highest BCUT2D eigenvalue weighted by molar-refractivity contribution is 7.80. The summed E-state index contributed by atoms with van der Waals surface area (Å²) in [5.74, 6) is -0.753.